The van der Waals surface area contributed by atoms with Gasteiger partial charge in [0.2, 0.25) is 9.84 Å². The molecular formula is C16H11ClO5S. The van der Waals surface area contributed by atoms with Gasteiger partial charge in [-0.1, -0.05) is 11.6 Å². The Balaban J connectivity index is 2.20. The third kappa shape index (κ3) is 2.83. The molecule has 0 bridgehead atoms. The number of methoxy groups -OCH3 is 1. The number of fused-ring (bicyclic) bond motifs is 1. The lowest BCUT2D eigenvalue weighted by atomic mass is 10.2. The fraction of sp³-hybridized carbons (Fsp3) is 0.0625. The van der Waals surface area contributed by atoms with E-state index >= 15 is 0 Å². The van der Waals surface area contributed by atoms with E-state index in [2.05, 4.69) is 0 Å². The molecule has 7 heteroatoms. The van der Waals surface area contributed by atoms with Gasteiger partial charge in [-0.25, -0.2) is 13.2 Å². The van der Waals surface area contributed by atoms with Crippen molar-refractivity contribution in [1.29, 1.82) is 0 Å². The molecule has 0 aliphatic heterocycles. The Labute approximate surface area is 137 Å². The first-order valence-electron chi connectivity index (χ1n) is 6.54. The van der Waals surface area contributed by atoms with Gasteiger partial charge in [-0.05, 0) is 48.5 Å². The summed E-state index contributed by atoms with van der Waals surface area (Å²) in [7, 11) is -2.53. The monoisotopic (exact) mass is 350 g/mol. The van der Waals surface area contributed by atoms with E-state index < -0.39 is 20.4 Å². The normalized spacial score (nSPS) is 11.6. The van der Waals surface area contributed by atoms with E-state index in [0.29, 0.717) is 16.2 Å². The first-order chi connectivity index (χ1) is 10.9. The molecule has 0 aliphatic carbocycles. The van der Waals surface area contributed by atoms with Gasteiger partial charge in [0.1, 0.15) is 11.3 Å². The molecule has 0 unspecified atom stereocenters. The van der Waals surface area contributed by atoms with Crippen molar-refractivity contribution in [2.45, 2.75) is 9.79 Å². The average Bonchev–Trinajstić information content (AvgIpc) is 2.54. The van der Waals surface area contributed by atoms with Gasteiger partial charge in [0.15, 0.2) is 4.90 Å². The third-order valence-electron chi connectivity index (χ3n) is 3.32. The van der Waals surface area contributed by atoms with Crippen molar-refractivity contribution in [2.75, 3.05) is 7.11 Å². The second kappa shape index (κ2) is 5.72. The van der Waals surface area contributed by atoms with Gasteiger partial charge in [-0.3, -0.25) is 0 Å². The fourth-order valence-corrected chi connectivity index (χ4v) is 3.62. The lowest BCUT2D eigenvalue weighted by Crippen LogP contribution is -2.14. The average molecular weight is 351 g/mol. The maximum Gasteiger partial charge on any atom is 0.355 e. The molecule has 0 saturated carbocycles. The Kier molecular flexibility index (Phi) is 3.87. The molecule has 1 aromatic heterocycles. The van der Waals surface area contributed by atoms with Crippen LogP contribution in [0.1, 0.15) is 0 Å². The van der Waals surface area contributed by atoms with Crippen LogP contribution in [0.25, 0.3) is 11.0 Å². The van der Waals surface area contributed by atoms with Crippen molar-refractivity contribution in [3.05, 3.63) is 64.0 Å². The minimum Gasteiger partial charge on any atom is -0.497 e. The molecule has 0 atom stereocenters. The Bertz CT molecular complexity index is 1040. The smallest absolute Gasteiger partial charge is 0.355 e. The van der Waals surface area contributed by atoms with Gasteiger partial charge in [0, 0.05) is 10.4 Å². The van der Waals surface area contributed by atoms with E-state index in [9.17, 15) is 13.2 Å². The third-order valence-corrected chi connectivity index (χ3v) is 5.31. The van der Waals surface area contributed by atoms with Crippen molar-refractivity contribution in [3.63, 3.8) is 0 Å². The van der Waals surface area contributed by atoms with E-state index in [1.807, 2.05) is 0 Å². The van der Waals surface area contributed by atoms with Gasteiger partial charge >= 0.3 is 5.63 Å². The molecule has 0 N–H and O–H groups in total. The fourth-order valence-electron chi connectivity index (χ4n) is 2.14. The van der Waals surface area contributed by atoms with Crippen LogP contribution in [-0.4, -0.2) is 15.5 Å². The minimum absolute atomic E-state index is 0.0213. The molecule has 0 aliphatic rings. The van der Waals surface area contributed by atoms with E-state index in [0.717, 1.165) is 0 Å². The number of halogens is 1. The minimum atomic E-state index is -4.00. The lowest BCUT2D eigenvalue weighted by Gasteiger charge is -2.06. The molecule has 23 heavy (non-hydrogen) atoms. The number of ether oxygens (including phenoxy) is 1. The summed E-state index contributed by atoms with van der Waals surface area (Å²) < 4.78 is 35.4. The van der Waals surface area contributed by atoms with Crippen LogP contribution in [0.3, 0.4) is 0 Å². The second-order valence-electron chi connectivity index (χ2n) is 4.76. The van der Waals surface area contributed by atoms with Crippen LogP contribution in [0.4, 0.5) is 0 Å². The van der Waals surface area contributed by atoms with E-state index in [1.165, 1.54) is 49.6 Å². The van der Waals surface area contributed by atoms with E-state index in [1.54, 1.807) is 6.07 Å². The highest BCUT2D eigenvalue weighted by atomic mass is 35.5. The summed E-state index contributed by atoms with van der Waals surface area (Å²) in [6.07, 6.45) is 0. The number of hydrogen-bond acceptors (Lipinski definition) is 5. The molecule has 5 nitrogen and oxygen atoms in total. The predicted molar refractivity (Wildman–Crippen MR) is 85.9 cm³/mol. The Hall–Kier alpha value is -2.31. The molecule has 0 radical (unpaired) electrons. The van der Waals surface area contributed by atoms with Crippen LogP contribution in [0.5, 0.6) is 5.75 Å². The molecule has 0 amide bonds. The van der Waals surface area contributed by atoms with Crippen molar-refractivity contribution >= 4 is 32.4 Å². The molecule has 2 aromatic carbocycles. The summed E-state index contributed by atoms with van der Waals surface area (Å²) in [4.78, 5) is 11.6. The summed E-state index contributed by atoms with van der Waals surface area (Å²) in [5, 5.41) is 0.850. The molecule has 3 aromatic rings. The number of hydrogen-bond donors (Lipinski definition) is 0. The zero-order chi connectivity index (χ0) is 16.6. The largest absolute Gasteiger partial charge is 0.497 e. The van der Waals surface area contributed by atoms with E-state index in [4.69, 9.17) is 20.8 Å². The molecule has 118 valence electrons. The topological polar surface area (TPSA) is 73.6 Å². The maximum atomic E-state index is 12.6. The van der Waals surface area contributed by atoms with Crippen LogP contribution in [0, 0.1) is 0 Å². The Morgan fingerprint density at radius 3 is 2.39 bits per heavy atom. The number of rotatable bonds is 3. The summed E-state index contributed by atoms with van der Waals surface area (Å²) in [6, 6.07) is 11.6. The van der Waals surface area contributed by atoms with Crippen LogP contribution in [0.15, 0.2) is 67.5 Å². The van der Waals surface area contributed by atoms with Gasteiger partial charge in [0.05, 0.1) is 12.0 Å². The van der Waals surface area contributed by atoms with Gasteiger partial charge < -0.3 is 9.15 Å². The van der Waals surface area contributed by atoms with Crippen molar-refractivity contribution in [1.82, 2.24) is 0 Å². The van der Waals surface area contributed by atoms with Gasteiger partial charge in [-0.15, -0.1) is 0 Å². The Morgan fingerprint density at radius 1 is 1.04 bits per heavy atom. The molecule has 0 spiro atoms. The summed E-state index contributed by atoms with van der Waals surface area (Å²) in [5.74, 6) is 0.515. The highest BCUT2D eigenvalue weighted by Crippen LogP contribution is 2.25. The quantitative estimate of drug-likeness (QED) is 0.678. The lowest BCUT2D eigenvalue weighted by molar-refractivity contribution is 0.414. The zero-order valence-electron chi connectivity index (χ0n) is 11.9. The standard InChI is InChI=1S/C16H11ClO5S/c1-21-12-3-5-13(6-4-12)23(19,20)15-9-10-8-11(17)2-7-14(10)22-16(15)18/h2-9H,1H3. The summed E-state index contributed by atoms with van der Waals surface area (Å²) >= 11 is 5.89. The molecule has 3 rings (SSSR count). The highest BCUT2D eigenvalue weighted by Gasteiger charge is 2.23. The van der Waals surface area contributed by atoms with Crippen LogP contribution in [0.2, 0.25) is 5.02 Å². The van der Waals surface area contributed by atoms with Crippen molar-refractivity contribution in [3.8, 4) is 5.75 Å². The molecule has 0 saturated heterocycles. The first kappa shape index (κ1) is 15.6. The predicted octanol–water partition coefficient (Wildman–Crippen LogP) is 3.29. The van der Waals surface area contributed by atoms with Gasteiger partial charge in [0.25, 0.3) is 0 Å². The number of sulfone groups is 1. The second-order valence-corrected chi connectivity index (χ2v) is 7.11. The van der Waals surface area contributed by atoms with Crippen molar-refractivity contribution in [2.24, 2.45) is 0 Å². The first-order valence-corrected chi connectivity index (χ1v) is 8.40. The van der Waals surface area contributed by atoms with Crippen molar-refractivity contribution < 1.29 is 17.6 Å². The van der Waals surface area contributed by atoms with Crippen LogP contribution in [-0.2, 0) is 9.84 Å². The molecular weight excluding hydrogens is 340 g/mol. The Morgan fingerprint density at radius 2 is 1.74 bits per heavy atom. The molecule has 1 heterocycles. The molecule has 0 fully saturated rings. The maximum absolute atomic E-state index is 12.6. The summed E-state index contributed by atoms with van der Waals surface area (Å²) in [5.41, 5.74) is -0.649. The SMILES string of the molecule is COc1ccc(S(=O)(=O)c2cc3cc(Cl)ccc3oc2=O)cc1. The highest BCUT2D eigenvalue weighted by molar-refractivity contribution is 7.91. The van der Waals surface area contributed by atoms with Gasteiger partial charge in [-0.2, -0.15) is 0 Å². The summed E-state index contributed by atoms with van der Waals surface area (Å²) in [6.45, 7) is 0. The van der Waals surface area contributed by atoms with Crippen LogP contribution < -0.4 is 10.4 Å². The zero-order valence-corrected chi connectivity index (χ0v) is 13.5. The number of benzene rings is 2. The van der Waals surface area contributed by atoms with E-state index in [-0.39, 0.29) is 10.5 Å². The van der Waals surface area contributed by atoms with Crippen LogP contribution >= 0.6 is 11.6 Å².